The highest BCUT2D eigenvalue weighted by Gasteiger charge is 2.17. The fourth-order valence-corrected chi connectivity index (χ4v) is 2.22. The summed E-state index contributed by atoms with van der Waals surface area (Å²) < 4.78 is 5.24. The third kappa shape index (κ3) is 2.93. The molecule has 0 aliphatic carbocycles. The molecule has 2 aromatic carbocycles. The van der Waals surface area contributed by atoms with Crippen LogP contribution in [0, 0.1) is 0 Å². The number of nitrogens with zero attached hydrogens (tertiary/aromatic N) is 2. The van der Waals surface area contributed by atoms with Gasteiger partial charge in [0, 0.05) is 5.56 Å². The zero-order valence-corrected chi connectivity index (χ0v) is 12.3. The Balaban J connectivity index is 1.91. The van der Waals surface area contributed by atoms with Crippen molar-refractivity contribution in [3.63, 3.8) is 0 Å². The van der Waals surface area contributed by atoms with Gasteiger partial charge < -0.3 is 10.3 Å². The summed E-state index contributed by atoms with van der Waals surface area (Å²) in [6.07, 6.45) is 0. The Bertz CT molecular complexity index is 759. The van der Waals surface area contributed by atoms with Crippen LogP contribution in [-0.4, -0.2) is 10.1 Å². The summed E-state index contributed by atoms with van der Waals surface area (Å²) in [5.74, 6) is 0.775. The predicted molar refractivity (Wildman–Crippen MR) is 82.2 cm³/mol. The number of aromatic nitrogens is 2. The number of hydrogen-bond acceptors (Lipinski definition) is 4. The minimum atomic E-state index is -0.463. The second kappa shape index (κ2) is 5.85. The minimum Gasteiger partial charge on any atom is -0.337 e. The maximum Gasteiger partial charge on any atom is 0.248 e. The molecule has 0 bridgehead atoms. The first-order valence-corrected chi connectivity index (χ1v) is 7.00. The Kier molecular flexibility index (Phi) is 3.92. The Morgan fingerprint density at radius 1 is 1.00 bits per heavy atom. The van der Waals surface area contributed by atoms with Gasteiger partial charge in [-0.25, -0.2) is 0 Å². The lowest BCUT2D eigenvalue weighted by molar-refractivity contribution is 0.367. The fourth-order valence-electron chi connectivity index (χ4n) is 1.92. The summed E-state index contributed by atoms with van der Waals surface area (Å²) in [7, 11) is 0. The molecule has 3 aromatic rings. The quantitative estimate of drug-likeness (QED) is 0.789. The molecule has 0 amide bonds. The van der Waals surface area contributed by atoms with E-state index < -0.39 is 6.04 Å². The minimum absolute atomic E-state index is 0.349. The summed E-state index contributed by atoms with van der Waals surface area (Å²) in [5, 5.41) is 4.85. The average molecular weight is 320 g/mol. The average Bonchev–Trinajstić information content (AvgIpc) is 3.00. The SMILES string of the molecule is N[C@@H](c1ccccc1)c1nc(-c2ccc(Cl)c(Cl)c2)no1. The highest BCUT2D eigenvalue weighted by atomic mass is 35.5. The molecule has 0 spiro atoms. The molecule has 21 heavy (non-hydrogen) atoms. The van der Waals surface area contributed by atoms with Gasteiger partial charge in [0.05, 0.1) is 10.0 Å². The zero-order chi connectivity index (χ0) is 14.8. The highest BCUT2D eigenvalue weighted by Crippen LogP contribution is 2.28. The Morgan fingerprint density at radius 2 is 1.76 bits per heavy atom. The molecule has 0 aliphatic heterocycles. The van der Waals surface area contributed by atoms with Gasteiger partial charge in [-0.2, -0.15) is 4.98 Å². The number of nitrogens with two attached hydrogens (primary N) is 1. The van der Waals surface area contributed by atoms with Gasteiger partial charge in [-0.3, -0.25) is 0 Å². The normalized spacial score (nSPS) is 12.3. The van der Waals surface area contributed by atoms with Crippen LogP contribution in [-0.2, 0) is 0 Å². The molecule has 4 nitrogen and oxygen atoms in total. The van der Waals surface area contributed by atoms with Crippen molar-refractivity contribution < 1.29 is 4.52 Å². The van der Waals surface area contributed by atoms with Crippen molar-refractivity contribution in [2.24, 2.45) is 5.73 Å². The van der Waals surface area contributed by atoms with Gasteiger partial charge >= 0.3 is 0 Å². The summed E-state index contributed by atoms with van der Waals surface area (Å²) in [5.41, 5.74) is 7.74. The van der Waals surface area contributed by atoms with Crippen LogP contribution in [0.1, 0.15) is 17.5 Å². The van der Waals surface area contributed by atoms with Gasteiger partial charge in [0.1, 0.15) is 6.04 Å². The van der Waals surface area contributed by atoms with Crippen molar-refractivity contribution in [2.45, 2.75) is 6.04 Å². The predicted octanol–water partition coefficient (Wildman–Crippen LogP) is 4.09. The third-order valence-corrected chi connectivity index (χ3v) is 3.78. The third-order valence-electron chi connectivity index (χ3n) is 3.04. The van der Waals surface area contributed by atoms with E-state index >= 15 is 0 Å². The smallest absolute Gasteiger partial charge is 0.248 e. The van der Waals surface area contributed by atoms with Crippen molar-refractivity contribution in [3.8, 4) is 11.4 Å². The highest BCUT2D eigenvalue weighted by molar-refractivity contribution is 6.42. The molecule has 3 rings (SSSR count). The first-order valence-electron chi connectivity index (χ1n) is 6.24. The Labute approximate surface area is 131 Å². The number of hydrogen-bond donors (Lipinski definition) is 1. The van der Waals surface area contributed by atoms with Crippen LogP contribution in [0.2, 0.25) is 10.0 Å². The van der Waals surface area contributed by atoms with E-state index in [1.807, 2.05) is 30.3 Å². The van der Waals surface area contributed by atoms with Gasteiger partial charge in [0.15, 0.2) is 0 Å². The van der Waals surface area contributed by atoms with Crippen LogP contribution < -0.4 is 5.73 Å². The maximum absolute atomic E-state index is 6.12. The van der Waals surface area contributed by atoms with E-state index in [0.717, 1.165) is 11.1 Å². The van der Waals surface area contributed by atoms with E-state index in [4.69, 9.17) is 33.5 Å². The van der Waals surface area contributed by atoms with Crippen LogP contribution >= 0.6 is 23.2 Å². The first kappa shape index (κ1) is 14.1. The summed E-state index contributed by atoms with van der Waals surface area (Å²) in [6.45, 7) is 0. The van der Waals surface area contributed by atoms with Gasteiger partial charge in [0.2, 0.25) is 11.7 Å². The van der Waals surface area contributed by atoms with Crippen LogP contribution in [0.25, 0.3) is 11.4 Å². The van der Waals surface area contributed by atoms with Crippen molar-refractivity contribution in [1.82, 2.24) is 10.1 Å². The Morgan fingerprint density at radius 3 is 2.48 bits per heavy atom. The molecule has 1 aromatic heterocycles. The summed E-state index contributed by atoms with van der Waals surface area (Å²) in [6, 6.07) is 14.2. The summed E-state index contributed by atoms with van der Waals surface area (Å²) in [4.78, 5) is 4.32. The monoisotopic (exact) mass is 319 g/mol. The topological polar surface area (TPSA) is 64.9 Å². The second-order valence-electron chi connectivity index (χ2n) is 4.47. The van der Waals surface area contributed by atoms with E-state index in [-0.39, 0.29) is 0 Å². The molecule has 0 aliphatic rings. The lowest BCUT2D eigenvalue weighted by atomic mass is 10.1. The molecule has 2 N–H and O–H groups in total. The summed E-state index contributed by atoms with van der Waals surface area (Å²) >= 11 is 11.9. The Hall–Kier alpha value is -1.88. The zero-order valence-electron chi connectivity index (χ0n) is 10.8. The van der Waals surface area contributed by atoms with E-state index in [9.17, 15) is 0 Å². The molecular formula is C15H11Cl2N3O. The number of halogens is 2. The van der Waals surface area contributed by atoms with E-state index in [1.165, 1.54) is 0 Å². The van der Waals surface area contributed by atoms with Crippen LogP contribution in [0.4, 0.5) is 0 Å². The van der Waals surface area contributed by atoms with Gasteiger partial charge in [-0.05, 0) is 23.8 Å². The molecule has 1 atom stereocenters. The molecule has 0 unspecified atom stereocenters. The van der Waals surface area contributed by atoms with Crippen molar-refractivity contribution in [2.75, 3.05) is 0 Å². The van der Waals surface area contributed by atoms with E-state index in [2.05, 4.69) is 10.1 Å². The molecule has 0 saturated heterocycles. The molecule has 6 heteroatoms. The molecule has 1 heterocycles. The number of benzene rings is 2. The van der Waals surface area contributed by atoms with Gasteiger partial charge in [0.25, 0.3) is 0 Å². The molecule has 0 radical (unpaired) electrons. The molecule has 106 valence electrons. The number of rotatable bonds is 3. The van der Waals surface area contributed by atoms with Gasteiger partial charge in [-0.15, -0.1) is 0 Å². The molecule has 0 fully saturated rings. The van der Waals surface area contributed by atoms with Crippen molar-refractivity contribution >= 4 is 23.2 Å². The van der Waals surface area contributed by atoms with E-state index in [1.54, 1.807) is 18.2 Å². The first-order chi connectivity index (χ1) is 10.1. The molecule has 0 saturated carbocycles. The van der Waals surface area contributed by atoms with E-state index in [0.29, 0.717) is 21.8 Å². The molecular weight excluding hydrogens is 309 g/mol. The van der Waals surface area contributed by atoms with Gasteiger partial charge in [-0.1, -0.05) is 58.7 Å². The van der Waals surface area contributed by atoms with Crippen molar-refractivity contribution in [1.29, 1.82) is 0 Å². The fraction of sp³-hybridized carbons (Fsp3) is 0.0667. The maximum atomic E-state index is 6.12. The van der Waals surface area contributed by atoms with Crippen LogP contribution in [0.15, 0.2) is 53.1 Å². The second-order valence-corrected chi connectivity index (χ2v) is 5.29. The standard InChI is InChI=1S/C15H11Cl2N3O/c16-11-7-6-10(8-12(11)17)14-19-15(21-20-14)13(18)9-4-2-1-3-5-9/h1-8,13H,18H2/t13-/m0/s1. The van der Waals surface area contributed by atoms with Crippen LogP contribution in [0.5, 0.6) is 0 Å². The largest absolute Gasteiger partial charge is 0.337 e. The lowest BCUT2D eigenvalue weighted by Gasteiger charge is -2.05. The van der Waals surface area contributed by atoms with Crippen LogP contribution in [0.3, 0.4) is 0 Å². The van der Waals surface area contributed by atoms with Crippen molar-refractivity contribution in [3.05, 3.63) is 70.0 Å². The lowest BCUT2D eigenvalue weighted by Crippen LogP contribution is -2.11.